The highest BCUT2D eigenvalue weighted by molar-refractivity contribution is 14.0. The van der Waals surface area contributed by atoms with Crippen LogP contribution in [0.4, 0.5) is 5.69 Å². The van der Waals surface area contributed by atoms with Crippen molar-refractivity contribution in [2.24, 2.45) is 10.9 Å². The van der Waals surface area contributed by atoms with E-state index >= 15 is 0 Å². The molecule has 0 aromatic heterocycles. The van der Waals surface area contributed by atoms with Crippen LogP contribution >= 0.6 is 24.0 Å². The number of non-ortho nitro benzene ring substituents is 1. The van der Waals surface area contributed by atoms with Crippen molar-refractivity contribution in [3.05, 3.63) is 69.8 Å². The average molecular weight is 540 g/mol. The third-order valence-corrected chi connectivity index (χ3v) is 5.03. The number of nitrogens with one attached hydrogen (secondary N) is 2. The lowest BCUT2D eigenvalue weighted by Crippen LogP contribution is -2.41. The van der Waals surface area contributed by atoms with Crippen LogP contribution in [0.15, 0.2) is 53.5 Å². The minimum absolute atomic E-state index is 0. The van der Waals surface area contributed by atoms with Crippen LogP contribution in [0.25, 0.3) is 0 Å². The Kier molecular flexibility index (Phi) is 10.5. The van der Waals surface area contributed by atoms with Gasteiger partial charge < -0.3 is 20.1 Å². The molecule has 31 heavy (non-hydrogen) atoms. The van der Waals surface area contributed by atoms with E-state index in [0.717, 1.165) is 55.4 Å². The number of nitro benzene ring substituents is 1. The standard InChI is InChI=1S/C22H28N4O4.HI/c1-29-21-5-3-2-4-19(21)10-12-23-22(25-15-18-11-13-30-16-18)24-14-17-6-8-20(9-7-17)26(27)28;/h2-9,18H,10-16H2,1H3,(H2,23,24,25);1H. The Hall–Kier alpha value is -2.40. The second kappa shape index (κ2) is 13.1. The van der Waals surface area contributed by atoms with Gasteiger partial charge in [-0.2, -0.15) is 0 Å². The monoisotopic (exact) mass is 540 g/mol. The Morgan fingerprint density at radius 3 is 2.68 bits per heavy atom. The number of rotatable bonds is 9. The molecule has 0 aliphatic carbocycles. The van der Waals surface area contributed by atoms with Crippen LogP contribution in [0, 0.1) is 16.0 Å². The van der Waals surface area contributed by atoms with Gasteiger partial charge in [0.15, 0.2) is 5.96 Å². The molecule has 1 aliphatic heterocycles. The minimum atomic E-state index is -0.400. The summed E-state index contributed by atoms with van der Waals surface area (Å²) in [6, 6.07) is 14.4. The maximum atomic E-state index is 10.8. The van der Waals surface area contributed by atoms with Crippen molar-refractivity contribution in [3.63, 3.8) is 0 Å². The summed E-state index contributed by atoms with van der Waals surface area (Å²) in [7, 11) is 1.68. The first-order chi connectivity index (χ1) is 14.7. The van der Waals surface area contributed by atoms with E-state index in [4.69, 9.17) is 9.47 Å². The van der Waals surface area contributed by atoms with Gasteiger partial charge in [-0.25, -0.2) is 4.99 Å². The maximum absolute atomic E-state index is 10.8. The summed E-state index contributed by atoms with van der Waals surface area (Å²) in [5.41, 5.74) is 2.12. The quantitative estimate of drug-likeness (QED) is 0.166. The zero-order chi connectivity index (χ0) is 21.2. The van der Waals surface area contributed by atoms with E-state index < -0.39 is 4.92 Å². The first kappa shape index (κ1) is 24.9. The largest absolute Gasteiger partial charge is 0.496 e. The summed E-state index contributed by atoms with van der Waals surface area (Å²) < 4.78 is 10.9. The molecule has 1 heterocycles. The summed E-state index contributed by atoms with van der Waals surface area (Å²) in [6.45, 7) is 3.50. The van der Waals surface area contributed by atoms with Gasteiger partial charge in [-0.1, -0.05) is 30.3 Å². The predicted octanol–water partition coefficient (Wildman–Crippen LogP) is 3.54. The van der Waals surface area contributed by atoms with E-state index in [1.165, 1.54) is 12.1 Å². The highest BCUT2D eigenvalue weighted by Gasteiger charge is 2.16. The van der Waals surface area contributed by atoms with Crippen molar-refractivity contribution in [1.82, 2.24) is 10.6 Å². The van der Waals surface area contributed by atoms with Crippen molar-refractivity contribution in [2.45, 2.75) is 19.4 Å². The fourth-order valence-corrected chi connectivity index (χ4v) is 3.28. The Bertz CT molecular complexity index is 855. The summed E-state index contributed by atoms with van der Waals surface area (Å²) in [4.78, 5) is 15.1. The number of aliphatic imine (C=N–C) groups is 1. The van der Waals surface area contributed by atoms with Gasteiger partial charge in [-0.05, 0) is 30.0 Å². The predicted molar refractivity (Wildman–Crippen MR) is 131 cm³/mol. The number of guanidine groups is 1. The minimum Gasteiger partial charge on any atom is -0.496 e. The molecular weight excluding hydrogens is 511 g/mol. The zero-order valence-electron chi connectivity index (χ0n) is 17.6. The molecule has 8 nitrogen and oxygen atoms in total. The van der Waals surface area contributed by atoms with Crippen LogP contribution in [0.2, 0.25) is 0 Å². The van der Waals surface area contributed by atoms with Gasteiger partial charge in [-0.15, -0.1) is 24.0 Å². The average Bonchev–Trinajstić information content (AvgIpc) is 3.29. The molecule has 0 bridgehead atoms. The lowest BCUT2D eigenvalue weighted by molar-refractivity contribution is -0.384. The Balaban J connectivity index is 0.00000341. The van der Waals surface area contributed by atoms with E-state index in [1.807, 2.05) is 18.2 Å². The Morgan fingerprint density at radius 2 is 2.00 bits per heavy atom. The number of halogens is 1. The Labute approximate surface area is 199 Å². The molecule has 0 amide bonds. The fourth-order valence-electron chi connectivity index (χ4n) is 3.28. The fraction of sp³-hybridized carbons (Fsp3) is 0.409. The van der Waals surface area contributed by atoms with Crippen molar-refractivity contribution < 1.29 is 14.4 Å². The molecule has 2 N–H and O–H groups in total. The number of hydrogen-bond acceptors (Lipinski definition) is 5. The molecule has 2 aromatic rings. The lowest BCUT2D eigenvalue weighted by atomic mass is 10.1. The van der Waals surface area contributed by atoms with Crippen LogP contribution in [0.3, 0.4) is 0 Å². The molecule has 0 saturated carbocycles. The van der Waals surface area contributed by atoms with E-state index in [0.29, 0.717) is 19.0 Å². The normalized spacial score (nSPS) is 15.8. The number of para-hydroxylation sites is 1. The summed E-state index contributed by atoms with van der Waals surface area (Å²) in [5.74, 6) is 2.07. The molecule has 9 heteroatoms. The van der Waals surface area contributed by atoms with Crippen molar-refractivity contribution in [3.8, 4) is 5.75 Å². The second-order valence-electron chi connectivity index (χ2n) is 7.19. The SMILES string of the molecule is COc1ccccc1CCNC(=NCc1ccc([N+](=O)[O-])cc1)NCC1CCOC1.I. The molecule has 1 aliphatic rings. The van der Waals surface area contributed by atoms with Crippen LogP contribution in [0.5, 0.6) is 5.75 Å². The molecule has 0 radical (unpaired) electrons. The third-order valence-electron chi connectivity index (χ3n) is 5.03. The zero-order valence-corrected chi connectivity index (χ0v) is 19.9. The van der Waals surface area contributed by atoms with Crippen LogP contribution in [-0.2, 0) is 17.7 Å². The molecule has 168 valence electrons. The highest BCUT2D eigenvalue weighted by atomic mass is 127. The van der Waals surface area contributed by atoms with E-state index in [9.17, 15) is 10.1 Å². The molecule has 2 aromatic carbocycles. The number of nitro groups is 1. The van der Waals surface area contributed by atoms with Gasteiger partial charge in [-0.3, -0.25) is 10.1 Å². The first-order valence-electron chi connectivity index (χ1n) is 10.1. The van der Waals surface area contributed by atoms with E-state index in [-0.39, 0.29) is 29.7 Å². The summed E-state index contributed by atoms with van der Waals surface area (Å²) in [6.07, 6.45) is 1.85. The Morgan fingerprint density at radius 1 is 1.23 bits per heavy atom. The third kappa shape index (κ3) is 7.98. The van der Waals surface area contributed by atoms with Gasteiger partial charge in [0.25, 0.3) is 5.69 Å². The van der Waals surface area contributed by atoms with Crippen LogP contribution in [0.1, 0.15) is 17.5 Å². The number of methoxy groups -OCH3 is 1. The number of nitrogens with zero attached hydrogens (tertiary/aromatic N) is 2. The number of ether oxygens (including phenoxy) is 2. The van der Waals surface area contributed by atoms with Gasteiger partial charge in [0.2, 0.25) is 0 Å². The maximum Gasteiger partial charge on any atom is 0.269 e. The van der Waals surface area contributed by atoms with Gasteiger partial charge >= 0.3 is 0 Å². The highest BCUT2D eigenvalue weighted by Crippen LogP contribution is 2.17. The molecule has 1 fully saturated rings. The molecule has 1 saturated heterocycles. The van der Waals surface area contributed by atoms with Crippen molar-refractivity contribution in [2.75, 3.05) is 33.4 Å². The molecule has 0 spiro atoms. The van der Waals surface area contributed by atoms with Crippen LogP contribution in [-0.4, -0.2) is 44.3 Å². The lowest BCUT2D eigenvalue weighted by Gasteiger charge is -2.16. The molecule has 1 atom stereocenters. The number of hydrogen-bond donors (Lipinski definition) is 2. The topological polar surface area (TPSA) is 98.0 Å². The molecule has 1 unspecified atom stereocenters. The smallest absolute Gasteiger partial charge is 0.269 e. The van der Waals surface area contributed by atoms with Crippen molar-refractivity contribution in [1.29, 1.82) is 0 Å². The summed E-state index contributed by atoms with van der Waals surface area (Å²) in [5, 5.41) is 17.6. The van der Waals surface area contributed by atoms with Crippen molar-refractivity contribution >= 4 is 35.6 Å². The van der Waals surface area contributed by atoms with E-state index in [2.05, 4.69) is 21.7 Å². The molecular formula is C22H29IN4O4. The van der Waals surface area contributed by atoms with E-state index in [1.54, 1.807) is 19.2 Å². The second-order valence-corrected chi connectivity index (χ2v) is 7.19. The first-order valence-corrected chi connectivity index (χ1v) is 10.1. The summed E-state index contributed by atoms with van der Waals surface area (Å²) >= 11 is 0. The van der Waals surface area contributed by atoms with Gasteiger partial charge in [0.05, 0.1) is 25.2 Å². The van der Waals surface area contributed by atoms with Gasteiger partial charge in [0, 0.05) is 37.7 Å². The van der Waals surface area contributed by atoms with Gasteiger partial charge in [0.1, 0.15) is 5.75 Å². The molecule has 3 rings (SSSR count). The van der Waals surface area contributed by atoms with Crippen LogP contribution < -0.4 is 15.4 Å². The number of benzene rings is 2.